The van der Waals surface area contributed by atoms with E-state index in [1.807, 2.05) is 36.4 Å². The number of benzene rings is 2. The van der Waals surface area contributed by atoms with Crippen molar-refractivity contribution in [2.45, 2.75) is 26.3 Å². The fourth-order valence-corrected chi connectivity index (χ4v) is 3.44. The highest BCUT2D eigenvalue weighted by Gasteiger charge is 2.21. The Morgan fingerprint density at radius 1 is 1.15 bits per heavy atom. The summed E-state index contributed by atoms with van der Waals surface area (Å²) in [5.41, 5.74) is 2.26. The summed E-state index contributed by atoms with van der Waals surface area (Å²) in [6.07, 6.45) is 2.31. The zero-order chi connectivity index (χ0) is 19.1. The van der Waals surface area contributed by atoms with E-state index in [2.05, 4.69) is 24.0 Å². The van der Waals surface area contributed by atoms with Crippen LogP contribution in [0.5, 0.6) is 11.5 Å². The smallest absolute Gasteiger partial charge is 0.341 e. The van der Waals surface area contributed by atoms with Crippen LogP contribution in [0.2, 0.25) is 0 Å². The average molecular weight is 369 g/mol. The largest absolute Gasteiger partial charge is 0.493 e. The van der Waals surface area contributed by atoms with Crippen molar-refractivity contribution in [2.24, 2.45) is 5.92 Å². The molecule has 27 heavy (non-hydrogen) atoms. The zero-order valence-electron chi connectivity index (χ0n) is 15.8. The predicted molar refractivity (Wildman–Crippen MR) is 104 cm³/mol. The van der Waals surface area contributed by atoms with Crippen molar-refractivity contribution >= 4 is 5.97 Å². The first-order valence-electron chi connectivity index (χ1n) is 9.44. The first kappa shape index (κ1) is 19.2. The van der Waals surface area contributed by atoms with Crippen LogP contribution in [0.3, 0.4) is 0 Å². The van der Waals surface area contributed by atoms with Crippen molar-refractivity contribution in [3.05, 3.63) is 59.7 Å². The Kier molecular flexibility index (Phi) is 6.71. The van der Waals surface area contributed by atoms with Gasteiger partial charge in [-0.15, -0.1) is 0 Å². The SMILES string of the molecule is Cc1ccc(OC[C@H]2CCCN(Cc3ccccc3OCC(=O)O)C2)cc1. The second kappa shape index (κ2) is 9.42. The number of hydrogen-bond donors (Lipinski definition) is 1. The number of nitrogens with zero attached hydrogens (tertiary/aromatic N) is 1. The van der Waals surface area contributed by atoms with Gasteiger partial charge in [0.25, 0.3) is 0 Å². The van der Waals surface area contributed by atoms with Crippen molar-refractivity contribution in [1.29, 1.82) is 0 Å². The normalized spacial score (nSPS) is 17.4. The van der Waals surface area contributed by atoms with E-state index in [1.54, 1.807) is 0 Å². The van der Waals surface area contributed by atoms with Gasteiger partial charge >= 0.3 is 5.97 Å². The number of hydrogen-bond acceptors (Lipinski definition) is 4. The molecule has 2 aromatic rings. The van der Waals surface area contributed by atoms with Crippen molar-refractivity contribution in [3.63, 3.8) is 0 Å². The molecule has 0 radical (unpaired) electrons. The molecule has 2 aromatic carbocycles. The molecule has 5 heteroatoms. The van der Waals surface area contributed by atoms with Crippen molar-refractivity contribution in [1.82, 2.24) is 4.90 Å². The van der Waals surface area contributed by atoms with Gasteiger partial charge in [0.1, 0.15) is 11.5 Å². The summed E-state index contributed by atoms with van der Waals surface area (Å²) in [5.74, 6) is 1.10. The van der Waals surface area contributed by atoms with Gasteiger partial charge in [-0.2, -0.15) is 0 Å². The molecule has 144 valence electrons. The lowest BCUT2D eigenvalue weighted by Gasteiger charge is -2.33. The maximum atomic E-state index is 10.8. The molecular formula is C22H27NO4. The van der Waals surface area contributed by atoms with Crippen molar-refractivity contribution in [2.75, 3.05) is 26.3 Å². The maximum Gasteiger partial charge on any atom is 0.341 e. The second-order valence-electron chi connectivity index (χ2n) is 7.16. The zero-order valence-corrected chi connectivity index (χ0v) is 15.8. The molecule has 0 saturated carbocycles. The van der Waals surface area contributed by atoms with Gasteiger partial charge in [0.15, 0.2) is 6.61 Å². The van der Waals surface area contributed by atoms with Crippen LogP contribution < -0.4 is 9.47 Å². The highest BCUT2D eigenvalue weighted by Crippen LogP contribution is 2.24. The monoisotopic (exact) mass is 369 g/mol. The molecule has 1 aliphatic rings. The van der Waals surface area contributed by atoms with Gasteiger partial charge in [-0.1, -0.05) is 35.9 Å². The summed E-state index contributed by atoms with van der Waals surface area (Å²) in [4.78, 5) is 13.2. The number of para-hydroxylation sites is 1. The quantitative estimate of drug-likeness (QED) is 0.768. The van der Waals surface area contributed by atoms with E-state index in [9.17, 15) is 4.79 Å². The minimum absolute atomic E-state index is 0.315. The van der Waals surface area contributed by atoms with E-state index in [-0.39, 0.29) is 6.61 Å². The molecule has 1 N–H and O–H groups in total. The fraction of sp³-hybridized carbons (Fsp3) is 0.409. The van der Waals surface area contributed by atoms with Crippen LogP contribution in [0, 0.1) is 12.8 Å². The third kappa shape index (κ3) is 6.00. The van der Waals surface area contributed by atoms with Crippen LogP contribution >= 0.6 is 0 Å². The Bertz CT molecular complexity index is 744. The summed E-state index contributed by atoms with van der Waals surface area (Å²) in [6, 6.07) is 15.8. The van der Waals surface area contributed by atoms with Crippen molar-refractivity contribution in [3.8, 4) is 11.5 Å². The van der Waals surface area contributed by atoms with Gasteiger partial charge in [0.05, 0.1) is 6.61 Å². The van der Waals surface area contributed by atoms with Gasteiger partial charge in [0, 0.05) is 24.6 Å². The van der Waals surface area contributed by atoms with Crippen LogP contribution in [0.4, 0.5) is 0 Å². The highest BCUT2D eigenvalue weighted by molar-refractivity contribution is 5.68. The van der Waals surface area contributed by atoms with Gasteiger partial charge in [-0.25, -0.2) is 4.79 Å². The van der Waals surface area contributed by atoms with E-state index >= 15 is 0 Å². The summed E-state index contributed by atoms with van der Waals surface area (Å²) >= 11 is 0. The number of aryl methyl sites for hydroxylation is 1. The van der Waals surface area contributed by atoms with Gasteiger partial charge in [-0.05, 0) is 44.5 Å². The molecule has 0 spiro atoms. The lowest BCUT2D eigenvalue weighted by atomic mass is 9.98. The van der Waals surface area contributed by atoms with Gasteiger partial charge in [0.2, 0.25) is 0 Å². The first-order valence-corrected chi connectivity index (χ1v) is 9.44. The summed E-state index contributed by atoms with van der Waals surface area (Å²) in [6.45, 7) is 5.24. The Morgan fingerprint density at radius 3 is 2.70 bits per heavy atom. The average Bonchev–Trinajstić information content (AvgIpc) is 2.67. The lowest BCUT2D eigenvalue weighted by Crippen LogP contribution is -2.37. The fourth-order valence-electron chi connectivity index (χ4n) is 3.44. The first-order chi connectivity index (χ1) is 13.1. The van der Waals surface area contributed by atoms with Crippen LogP contribution in [0.1, 0.15) is 24.0 Å². The highest BCUT2D eigenvalue weighted by atomic mass is 16.5. The number of carboxylic acids is 1. The van der Waals surface area contributed by atoms with Crippen LogP contribution in [0.15, 0.2) is 48.5 Å². The lowest BCUT2D eigenvalue weighted by molar-refractivity contribution is -0.139. The minimum Gasteiger partial charge on any atom is -0.493 e. The van der Waals surface area contributed by atoms with Crippen molar-refractivity contribution < 1.29 is 19.4 Å². The molecule has 1 heterocycles. The number of ether oxygens (including phenoxy) is 2. The molecule has 5 nitrogen and oxygen atoms in total. The second-order valence-corrected chi connectivity index (χ2v) is 7.16. The van der Waals surface area contributed by atoms with E-state index in [0.29, 0.717) is 11.7 Å². The molecule has 0 bridgehead atoms. The third-order valence-corrected chi connectivity index (χ3v) is 4.83. The number of carboxylic acid groups (broad SMARTS) is 1. The van der Waals surface area contributed by atoms with Gasteiger partial charge < -0.3 is 14.6 Å². The maximum absolute atomic E-state index is 10.8. The van der Waals surface area contributed by atoms with E-state index < -0.39 is 5.97 Å². The molecule has 1 atom stereocenters. The Balaban J connectivity index is 1.54. The molecule has 0 aliphatic carbocycles. The molecule has 3 rings (SSSR count). The Labute approximate surface area is 160 Å². The summed E-state index contributed by atoms with van der Waals surface area (Å²) < 4.78 is 11.4. The van der Waals surface area contributed by atoms with Gasteiger partial charge in [-0.3, -0.25) is 4.90 Å². The Morgan fingerprint density at radius 2 is 1.93 bits per heavy atom. The standard InChI is InChI=1S/C22H27NO4/c1-17-8-10-20(11-9-17)26-15-18-5-4-12-23(13-18)14-19-6-2-3-7-21(19)27-16-22(24)25/h2-3,6-11,18H,4-5,12-16H2,1H3,(H,24,25)/t18-/m0/s1. The van der Waals surface area contributed by atoms with E-state index in [0.717, 1.165) is 44.0 Å². The number of carbonyl (C=O) groups is 1. The molecule has 0 unspecified atom stereocenters. The summed E-state index contributed by atoms with van der Waals surface area (Å²) in [7, 11) is 0. The number of aliphatic carboxylic acids is 1. The van der Waals surface area contributed by atoms with Crippen LogP contribution in [-0.4, -0.2) is 42.3 Å². The van der Waals surface area contributed by atoms with Crippen LogP contribution in [-0.2, 0) is 11.3 Å². The molecule has 1 saturated heterocycles. The summed E-state index contributed by atoms with van der Waals surface area (Å²) in [5, 5.41) is 8.84. The topological polar surface area (TPSA) is 59.0 Å². The van der Waals surface area contributed by atoms with E-state index in [4.69, 9.17) is 14.6 Å². The number of likely N-dealkylation sites (tertiary alicyclic amines) is 1. The number of rotatable bonds is 8. The molecular weight excluding hydrogens is 342 g/mol. The molecule has 0 aromatic heterocycles. The third-order valence-electron chi connectivity index (χ3n) is 4.83. The van der Waals surface area contributed by atoms with E-state index in [1.165, 1.54) is 12.0 Å². The Hall–Kier alpha value is -2.53. The van der Waals surface area contributed by atoms with Crippen LogP contribution in [0.25, 0.3) is 0 Å². The molecule has 0 amide bonds. The molecule has 1 fully saturated rings. The molecule has 1 aliphatic heterocycles. The predicted octanol–water partition coefficient (Wildman–Crippen LogP) is 3.75. The number of piperidine rings is 1. The minimum atomic E-state index is -0.962.